The molecule has 79 heavy (non-hydrogen) atoms. The molecule has 0 fully saturated rings. The fourth-order valence-electron chi connectivity index (χ4n) is 7.81. The van der Waals surface area contributed by atoms with Crippen LogP contribution in [0.4, 0.5) is 0 Å². The van der Waals surface area contributed by atoms with Gasteiger partial charge in [-0.25, -0.2) is 0 Å². The molecule has 0 aliphatic carbocycles. The van der Waals surface area contributed by atoms with Crippen LogP contribution in [0.1, 0.15) is 239 Å². The predicted molar refractivity (Wildman–Crippen MR) is 343 cm³/mol. The van der Waals surface area contributed by atoms with E-state index in [0.717, 1.165) is 161 Å². The first-order valence-corrected chi connectivity index (χ1v) is 31.3. The van der Waals surface area contributed by atoms with Crippen molar-refractivity contribution in [1.82, 2.24) is 0 Å². The Balaban J connectivity index is 4.50. The van der Waals surface area contributed by atoms with Crippen LogP contribution in [0.2, 0.25) is 0 Å². The Morgan fingerprint density at radius 1 is 0.253 bits per heavy atom. The second-order valence-corrected chi connectivity index (χ2v) is 19.8. The van der Waals surface area contributed by atoms with E-state index in [1.54, 1.807) is 0 Å². The Morgan fingerprint density at radius 3 is 0.747 bits per heavy atom. The molecular formula is C73H112O6. The summed E-state index contributed by atoms with van der Waals surface area (Å²) in [5.41, 5.74) is 0. The first-order chi connectivity index (χ1) is 39.0. The summed E-state index contributed by atoms with van der Waals surface area (Å²) >= 11 is 0. The number of carbonyl (C=O) groups is 3. The fourth-order valence-corrected chi connectivity index (χ4v) is 7.81. The van der Waals surface area contributed by atoms with Crippen molar-refractivity contribution in [3.63, 3.8) is 0 Å². The van der Waals surface area contributed by atoms with Gasteiger partial charge in [0.15, 0.2) is 6.10 Å². The highest BCUT2D eigenvalue weighted by Gasteiger charge is 2.19. The van der Waals surface area contributed by atoms with Crippen LogP contribution in [0.5, 0.6) is 0 Å². The molecule has 0 amide bonds. The molecule has 1 unspecified atom stereocenters. The third kappa shape index (κ3) is 63.2. The van der Waals surface area contributed by atoms with Gasteiger partial charge in [-0.3, -0.25) is 14.4 Å². The molecule has 6 nitrogen and oxygen atoms in total. The van der Waals surface area contributed by atoms with E-state index < -0.39 is 6.10 Å². The van der Waals surface area contributed by atoms with Crippen molar-refractivity contribution in [1.29, 1.82) is 0 Å². The topological polar surface area (TPSA) is 78.9 Å². The van der Waals surface area contributed by atoms with Crippen molar-refractivity contribution in [3.8, 4) is 0 Å². The van der Waals surface area contributed by atoms with Gasteiger partial charge in [0.2, 0.25) is 0 Å². The van der Waals surface area contributed by atoms with Crippen molar-refractivity contribution in [2.45, 2.75) is 245 Å². The van der Waals surface area contributed by atoms with Crippen molar-refractivity contribution < 1.29 is 28.6 Å². The summed E-state index contributed by atoms with van der Waals surface area (Å²) in [4.78, 5) is 38.3. The van der Waals surface area contributed by atoms with Gasteiger partial charge in [0.1, 0.15) is 13.2 Å². The van der Waals surface area contributed by atoms with Gasteiger partial charge < -0.3 is 14.2 Å². The monoisotopic (exact) mass is 1080 g/mol. The molecule has 0 saturated carbocycles. The number of rotatable bonds is 54. The van der Waals surface area contributed by atoms with E-state index in [-0.39, 0.29) is 37.5 Å². The normalized spacial score (nSPS) is 13.4. The summed E-state index contributed by atoms with van der Waals surface area (Å²) in [6.07, 6.45) is 97.5. The third-order valence-electron chi connectivity index (χ3n) is 12.4. The van der Waals surface area contributed by atoms with Crippen LogP contribution >= 0.6 is 0 Å². The zero-order chi connectivity index (χ0) is 57.1. The van der Waals surface area contributed by atoms with Gasteiger partial charge in [0, 0.05) is 19.3 Å². The summed E-state index contributed by atoms with van der Waals surface area (Å²) in [6, 6.07) is 0. The SMILES string of the molecule is CC/C=C\C/C=C\C/C=C\C/C=C\C/C=C\C/C=C\C/C=C\C/C=C\CCCCC(=O)OCC(COC(=O)CCCCC/C=C\C/C=C\C/C=C\CC)OC(=O)CCCCCCCCCC/C=C\C/C=C\C/C=C\C/C=C\CC. The molecular weight excluding hydrogens is 973 g/mol. The molecule has 0 bridgehead atoms. The Morgan fingerprint density at radius 2 is 0.456 bits per heavy atom. The van der Waals surface area contributed by atoms with Crippen LogP contribution in [0, 0.1) is 0 Å². The van der Waals surface area contributed by atoms with E-state index in [1.165, 1.54) is 32.1 Å². The summed E-state index contributed by atoms with van der Waals surface area (Å²) in [5, 5.41) is 0. The van der Waals surface area contributed by atoms with Crippen molar-refractivity contribution in [3.05, 3.63) is 182 Å². The molecule has 0 saturated heterocycles. The lowest BCUT2D eigenvalue weighted by atomic mass is 10.1. The third-order valence-corrected chi connectivity index (χ3v) is 12.4. The first kappa shape index (κ1) is 73.5. The average Bonchev–Trinajstić information content (AvgIpc) is 3.45. The van der Waals surface area contributed by atoms with E-state index in [0.29, 0.717) is 19.3 Å². The largest absolute Gasteiger partial charge is 0.462 e. The second kappa shape index (κ2) is 65.0. The Kier molecular flexibility index (Phi) is 60.5. The maximum atomic E-state index is 12.9. The standard InChI is InChI=1S/C73H112O6/c1-4-7-10-13-16-19-22-25-27-29-31-33-34-35-36-37-38-40-41-43-45-48-51-54-57-60-63-66-72(75)78-69-70(68-77-71(74)65-62-59-56-53-50-47-24-21-18-15-12-9-6-3)79-73(76)67-64-61-58-55-52-49-46-44-42-39-32-30-28-26-23-20-17-14-11-8-5-2/h7-12,16-21,25-28,31-33,35-36,38-40,43,45,47,50-51,54,70H,4-6,13-15,22-24,29-30,34,37,41-42,44,46,48-49,52-53,55-69H2,1-3H3/b10-7-,11-8-,12-9-,19-16-,20-17-,21-18-,27-25-,28-26-,33-31-,36-35-,39-32-,40-38-,45-43-,50-47-,54-51-. The molecule has 0 aromatic carbocycles. The van der Waals surface area contributed by atoms with Crippen LogP contribution in [-0.2, 0) is 28.6 Å². The molecule has 0 aromatic rings. The van der Waals surface area contributed by atoms with Crippen LogP contribution in [0.25, 0.3) is 0 Å². The zero-order valence-corrected chi connectivity index (χ0v) is 50.3. The highest BCUT2D eigenvalue weighted by molar-refractivity contribution is 5.71. The number of hydrogen-bond acceptors (Lipinski definition) is 6. The molecule has 0 spiro atoms. The maximum absolute atomic E-state index is 12.9. The predicted octanol–water partition coefficient (Wildman–Crippen LogP) is 21.7. The van der Waals surface area contributed by atoms with Crippen molar-refractivity contribution in [2.24, 2.45) is 0 Å². The van der Waals surface area contributed by atoms with E-state index in [1.807, 2.05) is 0 Å². The summed E-state index contributed by atoms with van der Waals surface area (Å²) in [7, 11) is 0. The van der Waals surface area contributed by atoms with Gasteiger partial charge in [0.25, 0.3) is 0 Å². The molecule has 1 atom stereocenters. The van der Waals surface area contributed by atoms with Gasteiger partial charge in [-0.1, -0.05) is 248 Å². The summed E-state index contributed by atoms with van der Waals surface area (Å²) < 4.78 is 16.8. The van der Waals surface area contributed by atoms with E-state index in [2.05, 4.69) is 203 Å². The molecule has 0 aliphatic rings. The van der Waals surface area contributed by atoms with E-state index in [9.17, 15) is 14.4 Å². The number of carbonyl (C=O) groups excluding carboxylic acids is 3. The van der Waals surface area contributed by atoms with Crippen LogP contribution in [0.15, 0.2) is 182 Å². The molecule has 0 aliphatic heterocycles. The number of hydrogen-bond donors (Lipinski definition) is 0. The minimum atomic E-state index is -0.825. The zero-order valence-electron chi connectivity index (χ0n) is 50.3. The second-order valence-electron chi connectivity index (χ2n) is 19.8. The van der Waals surface area contributed by atoms with Gasteiger partial charge in [-0.2, -0.15) is 0 Å². The lowest BCUT2D eigenvalue weighted by Crippen LogP contribution is -2.30. The number of ether oxygens (including phenoxy) is 3. The molecule has 0 rings (SSSR count). The molecule has 6 heteroatoms. The smallest absolute Gasteiger partial charge is 0.306 e. The van der Waals surface area contributed by atoms with Crippen LogP contribution in [-0.4, -0.2) is 37.2 Å². The van der Waals surface area contributed by atoms with Crippen molar-refractivity contribution >= 4 is 17.9 Å². The molecule has 0 radical (unpaired) electrons. The number of allylic oxidation sites excluding steroid dienone is 30. The minimum absolute atomic E-state index is 0.120. The van der Waals surface area contributed by atoms with Gasteiger partial charge in [-0.05, 0) is 154 Å². The highest BCUT2D eigenvalue weighted by Crippen LogP contribution is 2.13. The van der Waals surface area contributed by atoms with Crippen LogP contribution in [0.3, 0.4) is 0 Å². The Labute approximate surface area is 484 Å². The number of unbranched alkanes of at least 4 members (excludes halogenated alkanes) is 13. The number of esters is 3. The summed E-state index contributed by atoms with van der Waals surface area (Å²) in [6.45, 7) is 6.21. The fraction of sp³-hybridized carbons (Fsp3) is 0.548. The Bertz CT molecular complexity index is 1870. The van der Waals surface area contributed by atoms with Gasteiger partial charge in [0.05, 0.1) is 0 Å². The summed E-state index contributed by atoms with van der Waals surface area (Å²) in [5.74, 6) is -1.01. The molecule has 0 N–H and O–H groups in total. The maximum Gasteiger partial charge on any atom is 0.306 e. The lowest BCUT2D eigenvalue weighted by molar-refractivity contribution is -0.167. The molecule has 0 aromatic heterocycles. The lowest BCUT2D eigenvalue weighted by Gasteiger charge is -2.18. The van der Waals surface area contributed by atoms with Gasteiger partial charge >= 0.3 is 17.9 Å². The molecule has 0 heterocycles. The molecule has 440 valence electrons. The van der Waals surface area contributed by atoms with Crippen LogP contribution < -0.4 is 0 Å². The van der Waals surface area contributed by atoms with E-state index in [4.69, 9.17) is 14.2 Å². The minimum Gasteiger partial charge on any atom is -0.462 e. The van der Waals surface area contributed by atoms with Gasteiger partial charge in [-0.15, -0.1) is 0 Å². The van der Waals surface area contributed by atoms with E-state index >= 15 is 0 Å². The highest BCUT2D eigenvalue weighted by atomic mass is 16.6. The van der Waals surface area contributed by atoms with Crippen molar-refractivity contribution in [2.75, 3.05) is 13.2 Å². The quantitative estimate of drug-likeness (QED) is 0.0261. The Hall–Kier alpha value is -5.49. The first-order valence-electron chi connectivity index (χ1n) is 31.3. The average molecular weight is 1090 g/mol.